The van der Waals surface area contributed by atoms with Crippen LogP contribution >= 0.6 is 0 Å². The van der Waals surface area contributed by atoms with E-state index in [0.717, 1.165) is 17.3 Å². The monoisotopic (exact) mass is 290 g/mol. The Morgan fingerprint density at radius 3 is 2.45 bits per heavy atom. The van der Waals surface area contributed by atoms with E-state index in [1.165, 1.54) is 10.5 Å². The Morgan fingerprint density at radius 2 is 1.73 bits per heavy atom. The summed E-state index contributed by atoms with van der Waals surface area (Å²) >= 11 is 0. The summed E-state index contributed by atoms with van der Waals surface area (Å²) in [5.41, 5.74) is 3.61. The van der Waals surface area contributed by atoms with Gasteiger partial charge in [-0.05, 0) is 42.3 Å². The van der Waals surface area contributed by atoms with E-state index in [1.54, 1.807) is 12.3 Å². The number of anilines is 1. The normalized spacial score (nSPS) is 14.0. The van der Waals surface area contributed by atoms with Gasteiger partial charge in [-0.25, -0.2) is 4.90 Å². The molecule has 1 aromatic heterocycles. The highest BCUT2D eigenvalue weighted by Crippen LogP contribution is 2.33. The van der Waals surface area contributed by atoms with Crippen LogP contribution in [-0.4, -0.2) is 16.8 Å². The Kier molecular flexibility index (Phi) is 2.66. The Bertz CT molecular complexity index is 906. The molecule has 1 aliphatic rings. The van der Waals surface area contributed by atoms with Crippen molar-refractivity contribution in [3.05, 3.63) is 65.4 Å². The summed E-state index contributed by atoms with van der Waals surface area (Å²) in [6, 6.07) is 12.9. The number of nitrogens with zero attached hydrogens (tertiary/aromatic N) is 1. The third kappa shape index (κ3) is 1.64. The topological polar surface area (TPSA) is 53.2 Å². The van der Waals surface area contributed by atoms with E-state index in [9.17, 15) is 9.59 Å². The van der Waals surface area contributed by atoms with Gasteiger partial charge in [-0.1, -0.05) is 19.1 Å². The van der Waals surface area contributed by atoms with Crippen LogP contribution in [0.4, 0.5) is 5.69 Å². The minimum atomic E-state index is -0.257. The lowest BCUT2D eigenvalue weighted by Crippen LogP contribution is -2.29. The molecule has 4 nitrogen and oxygen atoms in total. The van der Waals surface area contributed by atoms with E-state index >= 15 is 0 Å². The van der Waals surface area contributed by atoms with Crippen molar-refractivity contribution in [1.29, 1.82) is 0 Å². The maximum atomic E-state index is 12.8. The van der Waals surface area contributed by atoms with Crippen LogP contribution in [0, 0.1) is 0 Å². The van der Waals surface area contributed by atoms with E-state index < -0.39 is 0 Å². The van der Waals surface area contributed by atoms with Crippen molar-refractivity contribution in [3.8, 4) is 0 Å². The number of rotatable bonds is 2. The van der Waals surface area contributed by atoms with E-state index in [2.05, 4.69) is 11.9 Å². The number of imide groups is 1. The molecule has 1 aliphatic heterocycles. The number of fused-ring (bicyclic) bond motifs is 3. The Labute approximate surface area is 127 Å². The lowest BCUT2D eigenvalue weighted by Gasteiger charge is -2.14. The number of aryl methyl sites for hydroxylation is 1. The number of carbonyl (C=O) groups excluding carboxylic acids is 2. The Hall–Kier alpha value is -2.88. The number of carbonyl (C=O) groups is 2. The first-order chi connectivity index (χ1) is 10.7. The van der Waals surface area contributed by atoms with Gasteiger partial charge < -0.3 is 4.98 Å². The zero-order valence-corrected chi connectivity index (χ0v) is 12.1. The summed E-state index contributed by atoms with van der Waals surface area (Å²) in [7, 11) is 0. The summed E-state index contributed by atoms with van der Waals surface area (Å²) in [5.74, 6) is -0.512. The average molecular weight is 290 g/mol. The largest absolute Gasteiger partial charge is 0.361 e. The second kappa shape index (κ2) is 4.56. The number of hydrogen-bond donors (Lipinski definition) is 1. The van der Waals surface area contributed by atoms with Gasteiger partial charge in [-0.15, -0.1) is 0 Å². The fraction of sp³-hybridized carbons (Fsp3) is 0.111. The molecular weight excluding hydrogens is 276 g/mol. The Balaban J connectivity index is 1.86. The fourth-order valence-corrected chi connectivity index (χ4v) is 2.98. The van der Waals surface area contributed by atoms with Gasteiger partial charge >= 0.3 is 0 Å². The van der Waals surface area contributed by atoms with Crippen molar-refractivity contribution in [2.24, 2.45) is 0 Å². The minimum absolute atomic E-state index is 0.255. The zero-order chi connectivity index (χ0) is 15.3. The number of benzene rings is 2. The molecule has 0 spiro atoms. The molecular formula is C18H14N2O2. The minimum Gasteiger partial charge on any atom is -0.361 e. The van der Waals surface area contributed by atoms with Crippen molar-refractivity contribution >= 4 is 28.4 Å². The highest BCUT2D eigenvalue weighted by molar-refractivity contribution is 6.37. The molecule has 0 saturated heterocycles. The molecule has 0 unspecified atom stereocenters. The predicted octanol–water partition coefficient (Wildman–Crippen LogP) is 3.53. The van der Waals surface area contributed by atoms with Crippen molar-refractivity contribution in [3.63, 3.8) is 0 Å². The molecule has 0 saturated carbocycles. The highest BCUT2D eigenvalue weighted by Gasteiger charge is 2.38. The number of H-pyrrole nitrogens is 1. The number of hydrogen-bond acceptors (Lipinski definition) is 2. The molecule has 2 amide bonds. The van der Waals surface area contributed by atoms with Crippen LogP contribution in [0.2, 0.25) is 0 Å². The van der Waals surface area contributed by atoms with Crippen molar-refractivity contribution in [1.82, 2.24) is 4.98 Å². The van der Waals surface area contributed by atoms with Gasteiger partial charge in [0, 0.05) is 17.1 Å². The lowest BCUT2D eigenvalue weighted by atomic mass is 10.1. The standard InChI is InChI=1S/C18H14N2O2/c1-2-11-3-5-12(6-4-11)20-17(21)14-7-8-15-13(9-10-19-15)16(14)18(20)22/h3-10,19H,2H2,1H3. The maximum absolute atomic E-state index is 12.8. The summed E-state index contributed by atoms with van der Waals surface area (Å²) < 4.78 is 0. The molecule has 4 rings (SSSR count). The second-order valence-electron chi connectivity index (χ2n) is 5.39. The van der Waals surface area contributed by atoms with Gasteiger partial charge in [-0.2, -0.15) is 0 Å². The van der Waals surface area contributed by atoms with Gasteiger partial charge in [-0.3, -0.25) is 9.59 Å². The zero-order valence-electron chi connectivity index (χ0n) is 12.1. The smallest absolute Gasteiger partial charge is 0.266 e. The molecule has 22 heavy (non-hydrogen) atoms. The van der Waals surface area contributed by atoms with E-state index in [0.29, 0.717) is 16.8 Å². The van der Waals surface area contributed by atoms with Crippen LogP contribution in [0.3, 0.4) is 0 Å². The number of amides is 2. The molecule has 0 atom stereocenters. The molecule has 2 aromatic carbocycles. The van der Waals surface area contributed by atoms with Gasteiger partial charge in [0.25, 0.3) is 11.8 Å². The van der Waals surface area contributed by atoms with Crippen LogP contribution in [0.1, 0.15) is 33.2 Å². The quantitative estimate of drug-likeness (QED) is 0.734. The predicted molar refractivity (Wildman–Crippen MR) is 85.3 cm³/mol. The van der Waals surface area contributed by atoms with Gasteiger partial charge in [0.15, 0.2) is 0 Å². The van der Waals surface area contributed by atoms with Crippen molar-refractivity contribution < 1.29 is 9.59 Å². The Morgan fingerprint density at radius 1 is 0.955 bits per heavy atom. The maximum Gasteiger partial charge on any atom is 0.266 e. The van der Waals surface area contributed by atoms with Crippen LogP contribution in [-0.2, 0) is 6.42 Å². The van der Waals surface area contributed by atoms with Gasteiger partial charge in [0.1, 0.15) is 0 Å². The summed E-state index contributed by atoms with van der Waals surface area (Å²) in [4.78, 5) is 29.7. The fourth-order valence-electron chi connectivity index (χ4n) is 2.98. The molecule has 0 aliphatic carbocycles. The van der Waals surface area contributed by atoms with Crippen LogP contribution in [0.25, 0.3) is 10.9 Å². The first kappa shape index (κ1) is 12.8. The third-order valence-corrected chi connectivity index (χ3v) is 4.19. The SMILES string of the molecule is CCc1ccc(N2C(=O)c3ccc4[nH]ccc4c3C2=O)cc1. The summed E-state index contributed by atoms with van der Waals surface area (Å²) in [6.45, 7) is 2.07. The van der Waals surface area contributed by atoms with Crippen molar-refractivity contribution in [2.75, 3.05) is 4.90 Å². The van der Waals surface area contributed by atoms with Crippen LogP contribution < -0.4 is 4.90 Å². The molecule has 1 N–H and O–H groups in total. The van der Waals surface area contributed by atoms with Crippen molar-refractivity contribution in [2.45, 2.75) is 13.3 Å². The summed E-state index contributed by atoms with van der Waals surface area (Å²) in [6.07, 6.45) is 2.70. The second-order valence-corrected chi connectivity index (χ2v) is 5.39. The molecule has 4 heteroatoms. The number of aromatic nitrogens is 1. The molecule has 108 valence electrons. The molecule has 3 aromatic rings. The number of nitrogens with one attached hydrogen (secondary N) is 1. The average Bonchev–Trinajstić information content (AvgIpc) is 3.11. The first-order valence-corrected chi connectivity index (χ1v) is 7.28. The molecule has 0 radical (unpaired) electrons. The molecule has 2 heterocycles. The first-order valence-electron chi connectivity index (χ1n) is 7.28. The highest BCUT2D eigenvalue weighted by atomic mass is 16.2. The molecule has 0 bridgehead atoms. The molecule has 0 fully saturated rings. The third-order valence-electron chi connectivity index (χ3n) is 4.19. The van der Waals surface area contributed by atoms with Gasteiger partial charge in [0.05, 0.1) is 16.8 Å². The van der Waals surface area contributed by atoms with E-state index in [-0.39, 0.29) is 11.8 Å². The van der Waals surface area contributed by atoms with Gasteiger partial charge in [0.2, 0.25) is 0 Å². The van der Waals surface area contributed by atoms with Crippen LogP contribution in [0.15, 0.2) is 48.7 Å². The lowest BCUT2D eigenvalue weighted by molar-refractivity contribution is 0.0926. The van der Waals surface area contributed by atoms with Crippen LogP contribution in [0.5, 0.6) is 0 Å². The summed E-state index contributed by atoms with van der Waals surface area (Å²) in [5, 5.41) is 0.795. The van der Waals surface area contributed by atoms with E-state index in [1.807, 2.05) is 36.4 Å². The van der Waals surface area contributed by atoms with E-state index in [4.69, 9.17) is 0 Å². The number of aromatic amines is 1.